The van der Waals surface area contributed by atoms with Crippen LogP contribution in [0.2, 0.25) is 0 Å². The van der Waals surface area contributed by atoms with E-state index in [9.17, 15) is 9.18 Å². The first kappa shape index (κ1) is 15.4. The molecule has 120 valence electrons. The van der Waals surface area contributed by atoms with E-state index >= 15 is 0 Å². The molecule has 0 saturated heterocycles. The van der Waals surface area contributed by atoms with Gasteiger partial charge in [-0.1, -0.05) is 0 Å². The Morgan fingerprint density at radius 1 is 1.30 bits per heavy atom. The van der Waals surface area contributed by atoms with Gasteiger partial charge in [-0.15, -0.1) is 16.4 Å². The number of halogens is 1. The maximum atomic E-state index is 13.0. The first-order valence-corrected chi connectivity index (χ1v) is 8.16. The average molecular weight is 333 g/mol. The Balaban J connectivity index is 1.88. The van der Waals surface area contributed by atoms with Crippen molar-refractivity contribution in [2.75, 3.05) is 18.4 Å². The number of hydrogen-bond acceptors (Lipinski definition) is 4. The number of carbonyl (C=O) groups excluding carboxylic acids is 1. The highest BCUT2D eigenvalue weighted by Gasteiger charge is 2.15. The van der Waals surface area contributed by atoms with E-state index in [2.05, 4.69) is 15.4 Å². The number of nitrogens with one attached hydrogen (secondary N) is 1. The third-order valence-corrected chi connectivity index (χ3v) is 4.31. The molecule has 0 bridgehead atoms. The molecule has 0 aliphatic carbocycles. The first-order valence-electron chi connectivity index (χ1n) is 7.28. The van der Waals surface area contributed by atoms with Gasteiger partial charge in [0.1, 0.15) is 5.82 Å². The zero-order chi connectivity index (χ0) is 16.4. The molecule has 0 atom stereocenters. The highest BCUT2D eigenvalue weighted by Crippen LogP contribution is 2.26. The van der Waals surface area contributed by atoms with Crippen molar-refractivity contribution in [1.82, 2.24) is 19.5 Å². The highest BCUT2D eigenvalue weighted by atomic mass is 32.1. The van der Waals surface area contributed by atoms with E-state index < -0.39 is 0 Å². The molecule has 0 aliphatic heterocycles. The highest BCUT2D eigenvalue weighted by molar-refractivity contribution is 7.15. The van der Waals surface area contributed by atoms with E-state index in [0.717, 1.165) is 11.3 Å². The van der Waals surface area contributed by atoms with Crippen molar-refractivity contribution in [2.24, 2.45) is 0 Å². The van der Waals surface area contributed by atoms with Crippen LogP contribution in [0.4, 0.5) is 15.1 Å². The number of rotatable bonds is 4. The quantitative estimate of drug-likeness (QED) is 0.795. The lowest BCUT2D eigenvalue weighted by molar-refractivity contribution is 0.217. The van der Waals surface area contributed by atoms with Crippen molar-refractivity contribution in [3.63, 3.8) is 0 Å². The van der Waals surface area contributed by atoms with Gasteiger partial charge in [0.15, 0.2) is 0 Å². The molecule has 0 unspecified atom stereocenters. The number of fused-ring (bicyclic) bond motifs is 1. The maximum Gasteiger partial charge on any atom is 0.324 e. The Morgan fingerprint density at radius 3 is 2.65 bits per heavy atom. The fourth-order valence-corrected chi connectivity index (χ4v) is 3.07. The number of aromatic nitrogens is 3. The lowest BCUT2D eigenvalue weighted by Crippen LogP contribution is -2.34. The molecule has 0 fully saturated rings. The van der Waals surface area contributed by atoms with Crippen molar-refractivity contribution >= 4 is 28.3 Å². The summed E-state index contributed by atoms with van der Waals surface area (Å²) in [6.45, 7) is 5.06. The van der Waals surface area contributed by atoms with E-state index in [0.29, 0.717) is 18.1 Å². The summed E-state index contributed by atoms with van der Waals surface area (Å²) in [5.74, 6) is -0.0249. The van der Waals surface area contributed by atoms with Gasteiger partial charge in [-0.25, -0.2) is 13.7 Å². The largest absolute Gasteiger partial charge is 0.325 e. The minimum absolute atomic E-state index is 0.225. The van der Waals surface area contributed by atoms with Gasteiger partial charge >= 0.3 is 6.03 Å². The van der Waals surface area contributed by atoms with Crippen LogP contribution in [0.1, 0.15) is 13.8 Å². The van der Waals surface area contributed by atoms with E-state index in [1.54, 1.807) is 21.5 Å². The molecule has 3 aromatic rings. The SMILES string of the molecule is CCN(CC)C(=O)Nc1nc2scc(-c3ccc(F)cc3)n2n1. The fourth-order valence-electron chi connectivity index (χ4n) is 2.24. The number of nitrogens with zero attached hydrogens (tertiary/aromatic N) is 4. The van der Waals surface area contributed by atoms with E-state index in [1.165, 1.54) is 23.5 Å². The van der Waals surface area contributed by atoms with Gasteiger partial charge in [0, 0.05) is 24.0 Å². The lowest BCUT2D eigenvalue weighted by Gasteiger charge is -2.17. The van der Waals surface area contributed by atoms with Crippen LogP contribution in [0.15, 0.2) is 29.6 Å². The summed E-state index contributed by atoms with van der Waals surface area (Å²) in [4.78, 5) is 18.7. The summed E-state index contributed by atoms with van der Waals surface area (Å²) in [5, 5.41) is 8.93. The van der Waals surface area contributed by atoms with Gasteiger partial charge < -0.3 is 4.90 Å². The van der Waals surface area contributed by atoms with Crippen LogP contribution in [-0.2, 0) is 0 Å². The molecule has 6 nitrogen and oxygen atoms in total. The topological polar surface area (TPSA) is 62.5 Å². The molecule has 8 heteroatoms. The Labute approximate surface area is 136 Å². The lowest BCUT2D eigenvalue weighted by atomic mass is 10.2. The van der Waals surface area contributed by atoms with Crippen molar-refractivity contribution in [1.29, 1.82) is 0 Å². The molecule has 3 rings (SSSR count). The second-order valence-electron chi connectivity index (χ2n) is 4.86. The number of amides is 2. The normalized spacial score (nSPS) is 10.9. The molecule has 0 radical (unpaired) electrons. The van der Waals surface area contributed by atoms with Crippen LogP contribution >= 0.6 is 11.3 Å². The minimum Gasteiger partial charge on any atom is -0.325 e. The third-order valence-electron chi connectivity index (χ3n) is 3.49. The third kappa shape index (κ3) is 3.02. The molecule has 1 N–H and O–H groups in total. The second-order valence-corrected chi connectivity index (χ2v) is 5.70. The average Bonchev–Trinajstić information content (AvgIpc) is 3.09. The van der Waals surface area contributed by atoms with Gasteiger partial charge in [-0.2, -0.15) is 4.98 Å². The van der Waals surface area contributed by atoms with Crippen molar-refractivity contribution in [2.45, 2.75) is 13.8 Å². The smallest absolute Gasteiger partial charge is 0.324 e. The minimum atomic E-state index is -0.286. The Bertz CT molecular complexity index is 822. The standard InChI is InChI=1S/C15H16FN5OS/c1-3-20(4-2)14(22)17-13-18-15-21(19-13)12(9-23-15)10-5-7-11(16)8-6-10/h5-9H,3-4H2,1-2H3,(H,17,19,22). The van der Waals surface area contributed by atoms with Crippen LogP contribution < -0.4 is 5.32 Å². The maximum absolute atomic E-state index is 13.0. The number of benzene rings is 1. The van der Waals surface area contributed by atoms with Crippen LogP contribution in [0.25, 0.3) is 16.2 Å². The Morgan fingerprint density at radius 2 is 2.00 bits per heavy atom. The zero-order valence-electron chi connectivity index (χ0n) is 12.8. The molecule has 1 aromatic carbocycles. The van der Waals surface area contributed by atoms with Crippen molar-refractivity contribution in [3.8, 4) is 11.3 Å². The molecule has 2 amide bonds. The predicted molar refractivity (Wildman–Crippen MR) is 88.2 cm³/mol. The fraction of sp³-hybridized carbons (Fsp3) is 0.267. The Kier molecular flexibility index (Phi) is 4.24. The van der Waals surface area contributed by atoms with Gasteiger partial charge in [0.2, 0.25) is 4.96 Å². The van der Waals surface area contributed by atoms with Gasteiger partial charge in [-0.05, 0) is 38.1 Å². The van der Waals surface area contributed by atoms with Crippen molar-refractivity contribution < 1.29 is 9.18 Å². The van der Waals surface area contributed by atoms with Crippen LogP contribution in [-0.4, -0.2) is 38.6 Å². The number of anilines is 1. The number of hydrogen-bond donors (Lipinski definition) is 1. The molecule has 23 heavy (non-hydrogen) atoms. The molecule has 0 spiro atoms. The number of urea groups is 1. The summed E-state index contributed by atoms with van der Waals surface area (Å²) < 4.78 is 14.7. The molecular formula is C15H16FN5OS. The van der Waals surface area contributed by atoms with Gasteiger partial charge in [0.05, 0.1) is 5.69 Å². The first-order chi connectivity index (χ1) is 11.1. The van der Waals surface area contributed by atoms with E-state index in [-0.39, 0.29) is 17.8 Å². The van der Waals surface area contributed by atoms with Crippen molar-refractivity contribution in [3.05, 3.63) is 35.5 Å². The molecular weight excluding hydrogens is 317 g/mol. The molecule has 0 aliphatic rings. The predicted octanol–water partition coefficient (Wildman–Crippen LogP) is 3.47. The summed E-state index contributed by atoms with van der Waals surface area (Å²) in [5.41, 5.74) is 1.64. The van der Waals surface area contributed by atoms with Crippen LogP contribution in [0, 0.1) is 5.82 Å². The monoisotopic (exact) mass is 333 g/mol. The van der Waals surface area contributed by atoms with Crippen LogP contribution in [0.3, 0.4) is 0 Å². The number of thiazole rings is 1. The summed E-state index contributed by atoms with van der Waals surface area (Å²) in [7, 11) is 0. The second kappa shape index (κ2) is 6.33. The van der Waals surface area contributed by atoms with E-state index in [1.807, 2.05) is 19.2 Å². The molecule has 2 aromatic heterocycles. The van der Waals surface area contributed by atoms with Gasteiger partial charge in [-0.3, -0.25) is 5.32 Å². The Hall–Kier alpha value is -2.48. The summed E-state index contributed by atoms with van der Waals surface area (Å²) in [6, 6.07) is 5.95. The zero-order valence-corrected chi connectivity index (χ0v) is 13.6. The summed E-state index contributed by atoms with van der Waals surface area (Å²) >= 11 is 1.41. The molecule has 2 heterocycles. The van der Waals surface area contributed by atoms with E-state index in [4.69, 9.17) is 0 Å². The van der Waals surface area contributed by atoms with Gasteiger partial charge in [0.25, 0.3) is 5.95 Å². The summed E-state index contributed by atoms with van der Waals surface area (Å²) in [6.07, 6.45) is 0. The molecule has 0 saturated carbocycles. The van der Waals surface area contributed by atoms with Crippen LogP contribution in [0.5, 0.6) is 0 Å². The number of carbonyl (C=O) groups is 1.